The highest BCUT2D eigenvalue weighted by Crippen LogP contribution is 2.35. The molecule has 0 aromatic heterocycles. The standard InChI is InChI=1S/C13H10.C7H9N/c1-3-7-12-10(5-1)9-11-6-2-4-8-13(11)12;1-6-4-2-3-5-7(6)8/h1-8H,9H2;2-5H,8H2,1H3. The molecule has 0 spiro atoms. The van der Waals surface area contributed by atoms with E-state index in [1.54, 1.807) is 0 Å². The maximum atomic E-state index is 5.52. The van der Waals surface area contributed by atoms with Crippen molar-refractivity contribution in [2.45, 2.75) is 13.3 Å². The lowest BCUT2D eigenvalue weighted by Crippen LogP contribution is -1.85. The molecule has 0 amide bonds. The molecule has 3 aromatic carbocycles. The first-order valence-electron chi connectivity index (χ1n) is 7.23. The molecule has 0 fully saturated rings. The van der Waals surface area contributed by atoms with Crippen molar-refractivity contribution in [3.8, 4) is 11.1 Å². The van der Waals surface area contributed by atoms with Gasteiger partial charge in [-0.1, -0.05) is 66.7 Å². The number of nitrogen functional groups attached to an aromatic ring is 1. The van der Waals surface area contributed by atoms with Gasteiger partial charge < -0.3 is 5.73 Å². The summed E-state index contributed by atoms with van der Waals surface area (Å²) >= 11 is 0. The van der Waals surface area contributed by atoms with Crippen LogP contribution in [-0.4, -0.2) is 0 Å². The molecule has 3 aromatic rings. The Hall–Kier alpha value is -2.54. The van der Waals surface area contributed by atoms with Gasteiger partial charge in [-0.05, 0) is 47.2 Å². The topological polar surface area (TPSA) is 26.0 Å². The molecule has 1 aliphatic carbocycles. The van der Waals surface area contributed by atoms with E-state index >= 15 is 0 Å². The van der Waals surface area contributed by atoms with Crippen molar-refractivity contribution in [1.82, 2.24) is 0 Å². The molecule has 0 saturated heterocycles. The van der Waals surface area contributed by atoms with E-state index in [1.807, 2.05) is 31.2 Å². The van der Waals surface area contributed by atoms with Crippen molar-refractivity contribution in [2.75, 3.05) is 5.73 Å². The van der Waals surface area contributed by atoms with Crippen LogP contribution in [0, 0.1) is 6.92 Å². The van der Waals surface area contributed by atoms with Crippen LogP contribution in [0.3, 0.4) is 0 Å². The van der Waals surface area contributed by atoms with Crippen molar-refractivity contribution >= 4 is 5.69 Å². The second-order valence-electron chi connectivity index (χ2n) is 5.35. The average Bonchev–Trinajstić information content (AvgIpc) is 2.90. The van der Waals surface area contributed by atoms with Gasteiger partial charge in [-0.25, -0.2) is 0 Å². The summed E-state index contributed by atoms with van der Waals surface area (Å²) in [6.07, 6.45) is 1.10. The molecule has 104 valence electrons. The Balaban J connectivity index is 0.000000143. The second kappa shape index (κ2) is 5.84. The number of fused-ring (bicyclic) bond motifs is 3. The van der Waals surface area contributed by atoms with E-state index in [2.05, 4.69) is 48.5 Å². The van der Waals surface area contributed by atoms with E-state index < -0.39 is 0 Å². The fraction of sp³-hybridized carbons (Fsp3) is 0.100. The van der Waals surface area contributed by atoms with E-state index in [1.165, 1.54) is 22.3 Å². The molecule has 2 N–H and O–H groups in total. The molecular formula is C20H19N. The lowest BCUT2D eigenvalue weighted by molar-refractivity contribution is 1.26. The Kier molecular flexibility index (Phi) is 3.74. The van der Waals surface area contributed by atoms with E-state index in [0.717, 1.165) is 17.7 Å². The molecule has 0 atom stereocenters. The van der Waals surface area contributed by atoms with Crippen molar-refractivity contribution in [1.29, 1.82) is 0 Å². The highest BCUT2D eigenvalue weighted by molar-refractivity contribution is 5.76. The zero-order valence-electron chi connectivity index (χ0n) is 12.2. The number of hydrogen-bond acceptors (Lipinski definition) is 1. The minimum Gasteiger partial charge on any atom is -0.399 e. The molecule has 21 heavy (non-hydrogen) atoms. The molecular weight excluding hydrogens is 254 g/mol. The molecule has 0 bridgehead atoms. The minimum atomic E-state index is 0.868. The maximum absolute atomic E-state index is 5.52. The minimum absolute atomic E-state index is 0.868. The normalized spacial score (nSPS) is 11.1. The molecule has 1 aliphatic rings. The van der Waals surface area contributed by atoms with Crippen LogP contribution in [0.15, 0.2) is 72.8 Å². The van der Waals surface area contributed by atoms with Crippen LogP contribution in [0.2, 0.25) is 0 Å². The highest BCUT2D eigenvalue weighted by Gasteiger charge is 2.15. The third-order valence-corrected chi connectivity index (χ3v) is 3.89. The number of nitrogens with two attached hydrogens (primary N) is 1. The summed E-state index contributed by atoms with van der Waals surface area (Å²) < 4.78 is 0. The molecule has 0 saturated carbocycles. The number of anilines is 1. The van der Waals surface area contributed by atoms with Crippen molar-refractivity contribution in [2.24, 2.45) is 0 Å². The van der Waals surface area contributed by atoms with Gasteiger partial charge in [0.1, 0.15) is 0 Å². The molecule has 0 unspecified atom stereocenters. The van der Waals surface area contributed by atoms with E-state index in [0.29, 0.717) is 0 Å². The van der Waals surface area contributed by atoms with Crippen LogP contribution in [0.25, 0.3) is 11.1 Å². The van der Waals surface area contributed by atoms with Crippen LogP contribution in [0.1, 0.15) is 16.7 Å². The average molecular weight is 273 g/mol. The lowest BCUT2D eigenvalue weighted by Gasteiger charge is -1.98. The lowest BCUT2D eigenvalue weighted by atomic mass is 10.1. The summed E-state index contributed by atoms with van der Waals surface area (Å²) in [6, 6.07) is 25.1. The predicted octanol–water partition coefficient (Wildman–Crippen LogP) is 4.84. The Morgan fingerprint density at radius 2 is 1.14 bits per heavy atom. The highest BCUT2D eigenvalue weighted by atomic mass is 14.5. The van der Waals surface area contributed by atoms with Gasteiger partial charge in [0.2, 0.25) is 0 Å². The van der Waals surface area contributed by atoms with Crippen molar-refractivity contribution in [3.63, 3.8) is 0 Å². The van der Waals surface area contributed by atoms with Gasteiger partial charge >= 0.3 is 0 Å². The quantitative estimate of drug-likeness (QED) is 0.456. The number of benzene rings is 3. The first-order valence-corrected chi connectivity index (χ1v) is 7.23. The zero-order chi connectivity index (χ0) is 14.7. The van der Waals surface area contributed by atoms with Crippen LogP contribution in [0.4, 0.5) is 5.69 Å². The van der Waals surface area contributed by atoms with Gasteiger partial charge in [0.05, 0.1) is 0 Å². The Labute approximate surface area is 126 Å². The van der Waals surface area contributed by atoms with Crippen molar-refractivity contribution < 1.29 is 0 Å². The van der Waals surface area contributed by atoms with Gasteiger partial charge in [-0.3, -0.25) is 0 Å². The Bertz CT molecular complexity index is 695. The first-order chi connectivity index (χ1) is 10.3. The molecule has 4 rings (SSSR count). The number of rotatable bonds is 0. The van der Waals surface area contributed by atoms with Gasteiger partial charge in [-0.2, -0.15) is 0 Å². The zero-order valence-corrected chi connectivity index (χ0v) is 12.2. The molecule has 1 heteroatoms. The second-order valence-corrected chi connectivity index (χ2v) is 5.35. The predicted molar refractivity (Wildman–Crippen MR) is 90.3 cm³/mol. The third-order valence-electron chi connectivity index (χ3n) is 3.89. The summed E-state index contributed by atoms with van der Waals surface area (Å²) in [7, 11) is 0. The van der Waals surface area contributed by atoms with Gasteiger partial charge in [-0.15, -0.1) is 0 Å². The third kappa shape index (κ3) is 2.82. The Morgan fingerprint density at radius 3 is 1.62 bits per heavy atom. The molecule has 0 heterocycles. The molecule has 1 nitrogen and oxygen atoms in total. The number of aryl methyl sites for hydroxylation is 1. The molecule has 0 radical (unpaired) electrons. The van der Waals surface area contributed by atoms with Crippen LogP contribution in [-0.2, 0) is 6.42 Å². The first kappa shape index (κ1) is 13.4. The summed E-state index contributed by atoms with van der Waals surface area (Å²) in [5, 5.41) is 0. The van der Waals surface area contributed by atoms with Gasteiger partial charge in [0.15, 0.2) is 0 Å². The van der Waals surface area contributed by atoms with Crippen LogP contribution in [0.5, 0.6) is 0 Å². The monoisotopic (exact) mass is 273 g/mol. The van der Waals surface area contributed by atoms with E-state index in [9.17, 15) is 0 Å². The number of hydrogen-bond donors (Lipinski definition) is 1. The summed E-state index contributed by atoms with van der Waals surface area (Å²) in [4.78, 5) is 0. The number of para-hydroxylation sites is 1. The van der Waals surface area contributed by atoms with E-state index in [4.69, 9.17) is 5.73 Å². The van der Waals surface area contributed by atoms with E-state index in [-0.39, 0.29) is 0 Å². The summed E-state index contributed by atoms with van der Waals surface area (Å²) in [6.45, 7) is 2.00. The maximum Gasteiger partial charge on any atom is 0.0343 e. The largest absolute Gasteiger partial charge is 0.399 e. The fourth-order valence-corrected chi connectivity index (χ4v) is 2.67. The molecule has 0 aliphatic heterocycles. The van der Waals surface area contributed by atoms with Crippen LogP contribution < -0.4 is 5.73 Å². The van der Waals surface area contributed by atoms with Crippen LogP contribution >= 0.6 is 0 Å². The van der Waals surface area contributed by atoms with Gasteiger partial charge in [0.25, 0.3) is 0 Å². The smallest absolute Gasteiger partial charge is 0.0343 e. The summed E-state index contributed by atoms with van der Waals surface area (Å²) in [5.41, 5.74) is 13.3. The SMILES string of the molecule is Cc1ccccc1N.c1ccc2c(c1)Cc1ccccc1-2. The van der Waals surface area contributed by atoms with Crippen molar-refractivity contribution in [3.05, 3.63) is 89.5 Å². The summed E-state index contributed by atoms with van der Waals surface area (Å²) in [5.74, 6) is 0. The van der Waals surface area contributed by atoms with Gasteiger partial charge in [0, 0.05) is 5.69 Å². The Morgan fingerprint density at radius 1 is 0.667 bits per heavy atom. The fourth-order valence-electron chi connectivity index (χ4n) is 2.67.